The molecule has 7 heteroatoms. The van der Waals surface area contributed by atoms with Crippen LogP contribution >= 0.6 is 11.3 Å². The maximum Gasteiger partial charge on any atom is 0.260 e. The van der Waals surface area contributed by atoms with Gasteiger partial charge in [-0.3, -0.25) is 9.69 Å². The van der Waals surface area contributed by atoms with Crippen molar-refractivity contribution in [3.8, 4) is 11.3 Å². The minimum Gasteiger partial charge on any atom is -0.464 e. The van der Waals surface area contributed by atoms with Gasteiger partial charge in [0.1, 0.15) is 16.4 Å². The Hall–Kier alpha value is -2.64. The van der Waals surface area contributed by atoms with Crippen LogP contribution in [0, 0.1) is 0 Å². The van der Waals surface area contributed by atoms with Gasteiger partial charge in [-0.25, -0.2) is 4.98 Å². The van der Waals surface area contributed by atoms with Gasteiger partial charge in [-0.05, 0) is 43.7 Å². The second-order valence-electron chi connectivity index (χ2n) is 6.99. The molecule has 0 aromatic carbocycles. The fraction of sp³-hybridized carbons (Fsp3) is 0.300. The molecule has 1 aliphatic rings. The highest BCUT2D eigenvalue weighted by molar-refractivity contribution is 7.17. The third kappa shape index (κ3) is 2.83. The molecule has 1 N–H and O–H groups in total. The number of aryl methyl sites for hydroxylation is 1. The van der Waals surface area contributed by atoms with Crippen LogP contribution in [0.4, 0.5) is 0 Å². The van der Waals surface area contributed by atoms with Gasteiger partial charge in [-0.1, -0.05) is 0 Å². The van der Waals surface area contributed by atoms with Gasteiger partial charge >= 0.3 is 0 Å². The summed E-state index contributed by atoms with van der Waals surface area (Å²) in [7, 11) is 2.08. The van der Waals surface area contributed by atoms with Gasteiger partial charge in [-0.2, -0.15) is 0 Å². The van der Waals surface area contributed by atoms with Crippen molar-refractivity contribution < 1.29 is 4.42 Å². The van der Waals surface area contributed by atoms with E-state index in [1.807, 2.05) is 17.5 Å². The van der Waals surface area contributed by atoms with Crippen LogP contribution in [0.3, 0.4) is 0 Å². The van der Waals surface area contributed by atoms with Crippen molar-refractivity contribution in [1.82, 2.24) is 19.4 Å². The normalized spacial score (nSPS) is 17.9. The lowest BCUT2D eigenvalue weighted by atomic mass is 10.1. The second-order valence-corrected chi connectivity index (χ2v) is 7.85. The molecule has 6 nitrogen and oxygen atoms in total. The molecule has 0 spiro atoms. The van der Waals surface area contributed by atoms with Gasteiger partial charge in [0.05, 0.1) is 24.2 Å². The van der Waals surface area contributed by atoms with Crippen LogP contribution in [-0.4, -0.2) is 26.0 Å². The molecular weight excluding hydrogens is 360 g/mol. The van der Waals surface area contributed by atoms with Crippen molar-refractivity contribution in [2.75, 3.05) is 6.54 Å². The molecule has 1 atom stereocenters. The van der Waals surface area contributed by atoms with Crippen molar-refractivity contribution in [1.29, 1.82) is 0 Å². The summed E-state index contributed by atoms with van der Waals surface area (Å²) in [5, 5.41) is 2.55. The first-order valence-corrected chi connectivity index (χ1v) is 9.98. The van der Waals surface area contributed by atoms with Crippen LogP contribution in [0.2, 0.25) is 0 Å². The third-order valence-corrected chi connectivity index (χ3v) is 6.19. The first kappa shape index (κ1) is 16.5. The molecule has 4 aromatic heterocycles. The Morgan fingerprint density at radius 2 is 2.30 bits per heavy atom. The molecule has 1 unspecified atom stereocenters. The van der Waals surface area contributed by atoms with Crippen LogP contribution in [0.5, 0.6) is 0 Å². The fourth-order valence-electron chi connectivity index (χ4n) is 4.04. The predicted octanol–water partition coefficient (Wildman–Crippen LogP) is 3.92. The third-order valence-electron chi connectivity index (χ3n) is 5.32. The number of fused-ring (bicyclic) bond motifs is 1. The van der Waals surface area contributed by atoms with E-state index in [4.69, 9.17) is 9.40 Å². The lowest BCUT2D eigenvalue weighted by Gasteiger charge is -2.24. The lowest BCUT2D eigenvalue weighted by Crippen LogP contribution is -2.26. The summed E-state index contributed by atoms with van der Waals surface area (Å²) in [5.41, 5.74) is 2.02. The van der Waals surface area contributed by atoms with E-state index in [1.165, 1.54) is 17.0 Å². The van der Waals surface area contributed by atoms with Crippen molar-refractivity contribution >= 4 is 21.6 Å². The van der Waals surface area contributed by atoms with Crippen LogP contribution in [0.15, 0.2) is 51.3 Å². The summed E-state index contributed by atoms with van der Waals surface area (Å²) >= 11 is 1.49. The van der Waals surface area contributed by atoms with Crippen LogP contribution in [0.25, 0.3) is 21.5 Å². The first-order chi connectivity index (χ1) is 13.2. The van der Waals surface area contributed by atoms with Gasteiger partial charge in [-0.15, -0.1) is 11.3 Å². The Morgan fingerprint density at radius 3 is 3.07 bits per heavy atom. The SMILES string of the molecule is Cn1cccc1C1CCCN1Cc1nc2scc(-c3ccco3)c2c(=O)[nH]1. The monoisotopic (exact) mass is 380 g/mol. The maximum atomic E-state index is 12.8. The topological polar surface area (TPSA) is 67.1 Å². The molecule has 138 valence electrons. The summed E-state index contributed by atoms with van der Waals surface area (Å²) in [6.45, 7) is 1.66. The van der Waals surface area contributed by atoms with E-state index in [9.17, 15) is 4.79 Å². The number of furan rings is 1. The average Bonchev–Trinajstić information content (AvgIpc) is 3.41. The van der Waals surface area contributed by atoms with Crippen LogP contribution in [-0.2, 0) is 13.6 Å². The number of thiophene rings is 1. The zero-order chi connectivity index (χ0) is 18.4. The van der Waals surface area contributed by atoms with E-state index in [0.717, 1.165) is 35.6 Å². The number of hydrogen-bond acceptors (Lipinski definition) is 5. The molecule has 1 saturated heterocycles. The fourth-order valence-corrected chi connectivity index (χ4v) is 4.99. The highest BCUT2D eigenvalue weighted by Crippen LogP contribution is 2.34. The number of rotatable bonds is 4. The molecule has 0 aliphatic carbocycles. The van der Waals surface area contributed by atoms with E-state index < -0.39 is 0 Å². The van der Waals surface area contributed by atoms with Crippen molar-refractivity contribution in [3.05, 3.63) is 64.0 Å². The molecule has 5 heterocycles. The largest absolute Gasteiger partial charge is 0.464 e. The molecule has 4 aromatic rings. The molecule has 1 fully saturated rings. The summed E-state index contributed by atoms with van der Waals surface area (Å²) < 4.78 is 7.64. The standard InChI is InChI=1S/C20H20N4O2S/c1-23-8-2-5-14(23)15-6-3-9-24(15)11-17-21-19(25)18-13(12-27-20(18)22-17)16-7-4-10-26-16/h2,4-5,7-8,10,12,15H,3,6,9,11H2,1H3,(H,21,22,25). The van der Waals surface area contributed by atoms with E-state index in [0.29, 0.717) is 23.7 Å². The smallest absolute Gasteiger partial charge is 0.260 e. The molecular formula is C20H20N4O2S. The van der Waals surface area contributed by atoms with Gasteiger partial charge in [0.15, 0.2) is 0 Å². The Labute approximate surface area is 160 Å². The Morgan fingerprint density at radius 1 is 1.37 bits per heavy atom. The molecule has 1 aliphatic heterocycles. The van der Waals surface area contributed by atoms with Crippen molar-refractivity contribution in [3.63, 3.8) is 0 Å². The number of hydrogen-bond donors (Lipinski definition) is 1. The van der Waals surface area contributed by atoms with E-state index in [2.05, 4.69) is 39.8 Å². The van der Waals surface area contributed by atoms with Gasteiger partial charge in [0.25, 0.3) is 5.56 Å². The van der Waals surface area contributed by atoms with Crippen LogP contribution in [0.1, 0.15) is 30.4 Å². The number of nitrogens with zero attached hydrogens (tertiary/aromatic N) is 3. The van der Waals surface area contributed by atoms with Gasteiger partial charge < -0.3 is 14.0 Å². The van der Waals surface area contributed by atoms with Gasteiger partial charge in [0.2, 0.25) is 0 Å². The zero-order valence-electron chi connectivity index (χ0n) is 15.0. The number of likely N-dealkylation sites (tertiary alicyclic amines) is 1. The van der Waals surface area contributed by atoms with Gasteiger partial charge in [0, 0.05) is 29.9 Å². The molecule has 27 heavy (non-hydrogen) atoms. The maximum absolute atomic E-state index is 12.8. The Balaban J connectivity index is 1.48. The Kier molecular flexibility index (Phi) is 3.98. The highest BCUT2D eigenvalue weighted by Gasteiger charge is 2.28. The summed E-state index contributed by atoms with van der Waals surface area (Å²) in [6.07, 6.45) is 5.99. The van der Waals surface area contributed by atoms with Crippen LogP contribution < -0.4 is 5.56 Å². The molecule has 5 rings (SSSR count). The number of nitrogens with one attached hydrogen (secondary N) is 1. The first-order valence-electron chi connectivity index (χ1n) is 9.10. The van der Waals surface area contributed by atoms with E-state index in [-0.39, 0.29) is 5.56 Å². The number of H-pyrrole nitrogens is 1. The molecule has 0 radical (unpaired) electrons. The minimum atomic E-state index is -0.0998. The predicted molar refractivity (Wildman–Crippen MR) is 106 cm³/mol. The van der Waals surface area contributed by atoms with E-state index >= 15 is 0 Å². The summed E-state index contributed by atoms with van der Waals surface area (Å²) in [5.74, 6) is 1.42. The van der Waals surface area contributed by atoms with E-state index in [1.54, 1.807) is 6.26 Å². The average molecular weight is 380 g/mol. The highest BCUT2D eigenvalue weighted by atomic mass is 32.1. The number of aromatic amines is 1. The van der Waals surface area contributed by atoms with Crippen molar-refractivity contribution in [2.24, 2.45) is 7.05 Å². The number of aromatic nitrogens is 3. The summed E-state index contributed by atoms with van der Waals surface area (Å²) in [4.78, 5) is 23.7. The summed E-state index contributed by atoms with van der Waals surface area (Å²) in [6, 6.07) is 8.32. The minimum absolute atomic E-state index is 0.0998. The van der Waals surface area contributed by atoms with Crippen molar-refractivity contribution in [2.45, 2.75) is 25.4 Å². The Bertz CT molecular complexity index is 1140. The lowest BCUT2D eigenvalue weighted by molar-refractivity contribution is 0.235. The quantitative estimate of drug-likeness (QED) is 0.583. The molecule has 0 amide bonds. The molecule has 0 saturated carbocycles. The zero-order valence-corrected chi connectivity index (χ0v) is 15.8. The molecule has 0 bridgehead atoms. The second kappa shape index (κ2) is 6.51.